The van der Waals surface area contributed by atoms with Gasteiger partial charge in [0.05, 0.1) is 12.5 Å². The minimum Gasteiger partial charge on any atom is -0.370 e. The zero-order chi connectivity index (χ0) is 7.40. The number of carbonyl (C=O) groups excluding carboxylic acids is 1. The lowest BCUT2D eigenvalue weighted by Crippen LogP contribution is -2.40. The highest BCUT2D eigenvalue weighted by Gasteiger charge is 2.16. The van der Waals surface area contributed by atoms with Crippen molar-refractivity contribution < 1.29 is 9.53 Å². The Morgan fingerprint density at radius 2 is 2.60 bits per heavy atom. The topological polar surface area (TPSA) is 29.5 Å². The average molecular weight is 179 g/mol. The van der Waals surface area contributed by atoms with Crippen molar-refractivity contribution in [3.05, 3.63) is 0 Å². The summed E-state index contributed by atoms with van der Waals surface area (Å²) in [6, 6.07) is 0. The molecule has 0 unspecified atom stereocenters. The van der Waals surface area contributed by atoms with Gasteiger partial charge in [-0.1, -0.05) is 10.8 Å². The Morgan fingerprint density at radius 1 is 1.80 bits per heavy atom. The van der Waals surface area contributed by atoms with Crippen LogP contribution >= 0.6 is 22.5 Å². The van der Waals surface area contributed by atoms with E-state index in [1.54, 1.807) is 4.90 Å². The molecule has 1 saturated heterocycles. The monoisotopic (exact) mass is 179 g/mol. The van der Waals surface area contributed by atoms with Crippen LogP contribution in [0.2, 0.25) is 0 Å². The molecule has 10 heavy (non-hydrogen) atoms. The van der Waals surface area contributed by atoms with Crippen LogP contribution in [0.3, 0.4) is 0 Å². The number of rotatable bonds is 2. The molecule has 58 valence electrons. The van der Waals surface area contributed by atoms with Crippen LogP contribution < -0.4 is 0 Å². The second-order valence-corrected chi connectivity index (χ2v) is 3.26. The van der Waals surface area contributed by atoms with E-state index in [0.717, 1.165) is 0 Å². The Morgan fingerprint density at radius 3 is 3.20 bits per heavy atom. The summed E-state index contributed by atoms with van der Waals surface area (Å²) in [5, 5.41) is 0. The Bertz CT molecular complexity index is 129. The van der Waals surface area contributed by atoms with Crippen molar-refractivity contribution in [3.63, 3.8) is 0 Å². The molecule has 0 aromatic rings. The number of ether oxygens (including phenoxy) is 1. The summed E-state index contributed by atoms with van der Waals surface area (Å²) in [5.41, 5.74) is 0. The van der Waals surface area contributed by atoms with E-state index in [4.69, 9.17) is 4.74 Å². The molecule has 1 rings (SSSR count). The van der Waals surface area contributed by atoms with Crippen LogP contribution in [0.4, 0.5) is 0 Å². The molecule has 5 heteroatoms. The minimum absolute atomic E-state index is 0.0628. The number of hydrogen-bond donors (Lipinski definition) is 1. The number of nitrogens with zero attached hydrogens (tertiary/aromatic N) is 1. The van der Waals surface area contributed by atoms with Crippen molar-refractivity contribution in [3.8, 4) is 0 Å². The molecule has 0 atom stereocenters. The molecule has 0 aliphatic carbocycles. The maximum Gasteiger partial charge on any atom is 0.249 e. The lowest BCUT2D eigenvalue weighted by atomic mass is 10.4. The third-order valence-corrected chi connectivity index (χ3v) is 2.07. The zero-order valence-corrected chi connectivity index (χ0v) is 7.16. The maximum atomic E-state index is 10.9. The first-order valence-corrected chi connectivity index (χ1v) is 5.00. The fourth-order valence-electron chi connectivity index (χ4n) is 0.756. The van der Waals surface area contributed by atoms with Crippen LogP contribution in [0.15, 0.2) is 0 Å². The van der Waals surface area contributed by atoms with Gasteiger partial charge in [0.2, 0.25) is 5.91 Å². The third kappa shape index (κ3) is 2.07. The molecule has 1 aliphatic rings. The van der Waals surface area contributed by atoms with Crippen LogP contribution in [0.5, 0.6) is 0 Å². The summed E-state index contributed by atoms with van der Waals surface area (Å²) < 4.78 is 4.93. The summed E-state index contributed by atoms with van der Waals surface area (Å²) in [6.07, 6.45) is 0. The van der Waals surface area contributed by atoms with Gasteiger partial charge in [-0.15, -0.1) is 11.7 Å². The first kappa shape index (κ1) is 8.23. The lowest BCUT2D eigenvalue weighted by molar-refractivity contribution is -0.141. The maximum absolute atomic E-state index is 10.9. The highest BCUT2D eigenvalue weighted by molar-refractivity contribution is 8.68. The molecule has 1 fully saturated rings. The van der Waals surface area contributed by atoms with Gasteiger partial charge in [0, 0.05) is 6.54 Å². The fraction of sp³-hybridized carbons (Fsp3) is 0.800. The molecular formula is C5H9NO2S2. The summed E-state index contributed by atoms with van der Waals surface area (Å²) in [5.74, 6) is 0.721. The number of amides is 1. The first-order valence-electron chi connectivity index (χ1n) is 2.96. The molecule has 0 radical (unpaired) electrons. The van der Waals surface area contributed by atoms with E-state index < -0.39 is 0 Å². The van der Waals surface area contributed by atoms with Gasteiger partial charge in [-0.3, -0.25) is 4.79 Å². The van der Waals surface area contributed by atoms with E-state index in [9.17, 15) is 4.79 Å². The van der Waals surface area contributed by atoms with Gasteiger partial charge in [0.15, 0.2) is 0 Å². The Kier molecular flexibility index (Phi) is 3.37. The predicted molar refractivity (Wildman–Crippen MR) is 44.0 cm³/mol. The molecule has 1 aliphatic heterocycles. The van der Waals surface area contributed by atoms with E-state index in [-0.39, 0.29) is 12.5 Å². The van der Waals surface area contributed by atoms with Crippen molar-refractivity contribution in [2.24, 2.45) is 0 Å². The van der Waals surface area contributed by atoms with Gasteiger partial charge in [0.25, 0.3) is 0 Å². The van der Waals surface area contributed by atoms with Gasteiger partial charge >= 0.3 is 0 Å². The van der Waals surface area contributed by atoms with Crippen LogP contribution in [0.25, 0.3) is 0 Å². The number of hydrogen-bond acceptors (Lipinski definition) is 4. The van der Waals surface area contributed by atoms with Crippen molar-refractivity contribution in [2.75, 3.05) is 25.6 Å². The van der Waals surface area contributed by atoms with Crippen LogP contribution in [-0.2, 0) is 9.53 Å². The summed E-state index contributed by atoms with van der Waals surface area (Å²) in [7, 11) is 1.36. The zero-order valence-electron chi connectivity index (χ0n) is 5.45. The highest BCUT2D eigenvalue weighted by atomic mass is 33.1. The number of carbonyl (C=O) groups is 1. The van der Waals surface area contributed by atoms with E-state index in [0.29, 0.717) is 19.0 Å². The summed E-state index contributed by atoms with van der Waals surface area (Å²) >= 11 is 3.95. The molecule has 0 aromatic heterocycles. The standard InChI is InChI=1S/C5H9NO2S2/c7-5-3-8-2-1-6(5)4-10-9/h9H,1-4H2. The summed E-state index contributed by atoms with van der Waals surface area (Å²) in [6.45, 7) is 1.58. The Balaban J connectivity index is 2.32. The SMILES string of the molecule is O=C1COCCN1CSS. The third-order valence-electron chi connectivity index (χ3n) is 1.30. The van der Waals surface area contributed by atoms with E-state index in [1.807, 2.05) is 0 Å². The molecule has 1 heterocycles. The van der Waals surface area contributed by atoms with Crippen LogP contribution in [-0.4, -0.2) is 36.4 Å². The van der Waals surface area contributed by atoms with Gasteiger partial charge < -0.3 is 9.64 Å². The van der Waals surface area contributed by atoms with Gasteiger partial charge in [-0.25, -0.2) is 0 Å². The van der Waals surface area contributed by atoms with E-state index in [2.05, 4.69) is 11.7 Å². The highest BCUT2D eigenvalue weighted by Crippen LogP contribution is 2.09. The first-order chi connectivity index (χ1) is 4.84. The average Bonchev–Trinajstić information content (AvgIpc) is 1.94. The molecule has 0 aromatic carbocycles. The van der Waals surface area contributed by atoms with Crippen molar-refractivity contribution in [1.29, 1.82) is 0 Å². The number of thiol groups is 1. The molecule has 1 amide bonds. The Hall–Kier alpha value is 0.130. The van der Waals surface area contributed by atoms with E-state index in [1.165, 1.54) is 10.8 Å². The predicted octanol–water partition coefficient (Wildman–Crippen LogP) is 0.381. The molecular weight excluding hydrogens is 170 g/mol. The Labute approximate surface area is 68.9 Å². The normalized spacial score (nSPS) is 19.7. The smallest absolute Gasteiger partial charge is 0.249 e. The molecule has 0 N–H and O–H groups in total. The lowest BCUT2D eigenvalue weighted by Gasteiger charge is -2.25. The van der Waals surface area contributed by atoms with Crippen molar-refractivity contribution in [1.82, 2.24) is 4.90 Å². The largest absolute Gasteiger partial charge is 0.370 e. The minimum atomic E-state index is 0.0628. The van der Waals surface area contributed by atoms with Crippen LogP contribution in [0.1, 0.15) is 0 Å². The summed E-state index contributed by atoms with van der Waals surface area (Å²) in [4.78, 5) is 12.7. The fourth-order valence-corrected chi connectivity index (χ4v) is 1.59. The quantitative estimate of drug-likeness (QED) is 0.491. The molecule has 0 saturated carbocycles. The van der Waals surface area contributed by atoms with Crippen LogP contribution in [0, 0.1) is 0 Å². The second kappa shape index (κ2) is 4.10. The van der Waals surface area contributed by atoms with Gasteiger partial charge in [-0.05, 0) is 0 Å². The van der Waals surface area contributed by atoms with Crippen molar-refractivity contribution >= 4 is 28.4 Å². The number of morpholine rings is 1. The van der Waals surface area contributed by atoms with Crippen molar-refractivity contribution in [2.45, 2.75) is 0 Å². The molecule has 0 spiro atoms. The van der Waals surface area contributed by atoms with Gasteiger partial charge in [-0.2, -0.15) is 0 Å². The molecule has 3 nitrogen and oxygen atoms in total. The second-order valence-electron chi connectivity index (χ2n) is 1.97. The van der Waals surface area contributed by atoms with E-state index >= 15 is 0 Å². The van der Waals surface area contributed by atoms with Gasteiger partial charge in [0.1, 0.15) is 6.61 Å². The molecule has 0 bridgehead atoms.